The van der Waals surface area contributed by atoms with Crippen LogP contribution >= 0.6 is 15.9 Å². The van der Waals surface area contributed by atoms with Gasteiger partial charge in [0.05, 0.1) is 0 Å². The van der Waals surface area contributed by atoms with E-state index in [4.69, 9.17) is 5.73 Å². The number of rotatable bonds is 4. The van der Waals surface area contributed by atoms with Crippen LogP contribution in [0.4, 0.5) is 11.4 Å². The molecule has 19 heavy (non-hydrogen) atoms. The zero-order valence-corrected chi connectivity index (χ0v) is 13.6. The molecule has 1 aliphatic rings. The van der Waals surface area contributed by atoms with Crippen molar-refractivity contribution in [3.05, 3.63) is 22.2 Å². The summed E-state index contributed by atoms with van der Waals surface area (Å²) in [7, 11) is 0. The summed E-state index contributed by atoms with van der Waals surface area (Å²) in [6.45, 7) is 5.49. The fraction of sp³-hybridized carbons (Fsp3) is 0.625. The molecule has 1 saturated carbocycles. The van der Waals surface area contributed by atoms with Gasteiger partial charge in [0.15, 0.2) is 0 Å². The van der Waals surface area contributed by atoms with Crippen LogP contribution in [0.25, 0.3) is 0 Å². The lowest BCUT2D eigenvalue weighted by Gasteiger charge is -2.26. The van der Waals surface area contributed by atoms with Crippen LogP contribution in [0, 0.1) is 18.8 Å². The maximum Gasteiger partial charge on any atom is 0.0488 e. The second-order valence-corrected chi connectivity index (χ2v) is 6.90. The largest absolute Gasteiger partial charge is 0.398 e. The Bertz CT molecular complexity index is 431. The summed E-state index contributed by atoms with van der Waals surface area (Å²) in [5.41, 5.74) is 9.04. The highest BCUT2D eigenvalue weighted by Crippen LogP contribution is 2.31. The third kappa shape index (κ3) is 4.13. The van der Waals surface area contributed by atoms with Crippen LogP contribution in [-0.2, 0) is 0 Å². The van der Waals surface area contributed by atoms with Gasteiger partial charge in [-0.25, -0.2) is 0 Å². The molecule has 3 heteroatoms. The van der Waals surface area contributed by atoms with E-state index in [2.05, 4.69) is 41.2 Å². The van der Waals surface area contributed by atoms with Gasteiger partial charge in [-0.3, -0.25) is 0 Å². The number of benzene rings is 1. The van der Waals surface area contributed by atoms with E-state index in [-0.39, 0.29) is 0 Å². The van der Waals surface area contributed by atoms with Gasteiger partial charge in [-0.1, -0.05) is 26.2 Å². The molecular formula is C16H25BrN2. The van der Waals surface area contributed by atoms with Crippen molar-refractivity contribution in [3.8, 4) is 0 Å². The number of hydrogen-bond acceptors (Lipinski definition) is 2. The van der Waals surface area contributed by atoms with Crippen molar-refractivity contribution >= 4 is 27.3 Å². The van der Waals surface area contributed by atoms with Crippen molar-refractivity contribution < 1.29 is 0 Å². The summed E-state index contributed by atoms with van der Waals surface area (Å²) in [5, 5.41) is 3.54. The normalized spacial score (nSPS) is 23.3. The number of halogens is 1. The van der Waals surface area contributed by atoms with Gasteiger partial charge >= 0.3 is 0 Å². The summed E-state index contributed by atoms with van der Waals surface area (Å²) >= 11 is 3.57. The first kappa shape index (κ1) is 14.7. The predicted octanol–water partition coefficient (Wildman–Crippen LogP) is 4.97. The quantitative estimate of drug-likeness (QED) is 0.767. The maximum absolute atomic E-state index is 5.89. The third-order valence-electron chi connectivity index (χ3n) is 4.27. The smallest absolute Gasteiger partial charge is 0.0488 e. The molecule has 1 aliphatic carbocycles. The molecule has 1 aromatic carbocycles. The first-order valence-corrected chi connectivity index (χ1v) is 8.15. The lowest BCUT2D eigenvalue weighted by atomic mass is 9.81. The summed E-state index contributed by atoms with van der Waals surface area (Å²) < 4.78 is 1.06. The van der Waals surface area contributed by atoms with E-state index in [1.807, 2.05) is 6.07 Å². The monoisotopic (exact) mass is 324 g/mol. The molecule has 3 N–H and O–H groups in total. The van der Waals surface area contributed by atoms with Gasteiger partial charge in [0, 0.05) is 22.4 Å². The molecule has 0 amide bonds. The molecule has 106 valence electrons. The van der Waals surface area contributed by atoms with E-state index >= 15 is 0 Å². The number of nitrogens with one attached hydrogen (secondary N) is 1. The average molecular weight is 325 g/mol. The van der Waals surface area contributed by atoms with Crippen LogP contribution in [0.1, 0.15) is 44.6 Å². The Morgan fingerprint density at radius 1 is 1.37 bits per heavy atom. The van der Waals surface area contributed by atoms with Gasteiger partial charge in [0.25, 0.3) is 0 Å². The second kappa shape index (κ2) is 6.65. The van der Waals surface area contributed by atoms with E-state index in [1.165, 1.54) is 32.1 Å². The van der Waals surface area contributed by atoms with Crippen LogP contribution in [0.2, 0.25) is 0 Å². The number of nitrogen functional groups attached to an aromatic ring is 1. The van der Waals surface area contributed by atoms with Gasteiger partial charge in [-0.2, -0.15) is 0 Å². The van der Waals surface area contributed by atoms with Crippen molar-refractivity contribution in [2.75, 3.05) is 17.6 Å². The number of anilines is 2. The zero-order valence-electron chi connectivity index (χ0n) is 12.0. The van der Waals surface area contributed by atoms with E-state index < -0.39 is 0 Å². The first-order chi connectivity index (χ1) is 9.06. The molecule has 0 spiro atoms. The molecule has 1 aromatic rings. The van der Waals surface area contributed by atoms with Crippen LogP contribution in [0.15, 0.2) is 16.6 Å². The highest BCUT2D eigenvalue weighted by atomic mass is 79.9. The SMILES string of the molecule is Cc1cc(NCCC2CCCC(C)C2)c(Br)cc1N. The molecule has 0 saturated heterocycles. The summed E-state index contributed by atoms with van der Waals surface area (Å²) in [5.74, 6) is 1.83. The molecule has 2 rings (SSSR count). The average Bonchev–Trinajstić information content (AvgIpc) is 2.35. The van der Waals surface area contributed by atoms with Crippen LogP contribution in [0.5, 0.6) is 0 Å². The van der Waals surface area contributed by atoms with E-state index in [0.717, 1.165) is 39.8 Å². The molecule has 0 aromatic heterocycles. The minimum absolute atomic E-state index is 0.846. The molecular weight excluding hydrogens is 300 g/mol. The molecule has 2 atom stereocenters. The van der Waals surface area contributed by atoms with Gasteiger partial charge in [0.2, 0.25) is 0 Å². The first-order valence-electron chi connectivity index (χ1n) is 7.35. The second-order valence-electron chi connectivity index (χ2n) is 6.04. The van der Waals surface area contributed by atoms with Gasteiger partial charge in [0.1, 0.15) is 0 Å². The molecule has 1 fully saturated rings. The number of hydrogen-bond donors (Lipinski definition) is 2. The molecule has 0 bridgehead atoms. The zero-order chi connectivity index (χ0) is 13.8. The van der Waals surface area contributed by atoms with Crippen LogP contribution in [0.3, 0.4) is 0 Å². The van der Waals surface area contributed by atoms with Crippen molar-refractivity contribution in [3.63, 3.8) is 0 Å². The minimum Gasteiger partial charge on any atom is -0.398 e. The highest BCUT2D eigenvalue weighted by Gasteiger charge is 2.18. The van der Waals surface area contributed by atoms with Crippen molar-refractivity contribution in [2.45, 2.75) is 46.0 Å². The van der Waals surface area contributed by atoms with Crippen molar-refractivity contribution in [2.24, 2.45) is 11.8 Å². The predicted molar refractivity (Wildman–Crippen MR) is 87.5 cm³/mol. The van der Waals surface area contributed by atoms with E-state index in [9.17, 15) is 0 Å². The lowest BCUT2D eigenvalue weighted by molar-refractivity contribution is 0.274. The summed E-state index contributed by atoms with van der Waals surface area (Å²) in [6.07, 6.45) is 6.93. The topological polar surface area (TPSA) is 38.0 Å². The molecule has 0 heterocycles. The highest BCUT2D eigenvalue weighted by molar-refractivity contribution is 9.10. The fourth-order valence-corrected chi connectivity index (χ4v) is 3.57. The fourth-order valence-electron chi connectivity index (χ4n) is 3.07. The Morgan fingerprint density at radius 2 is 2.16 bits per heavy atom. The standard InChI is InChI=1S/C16H25BrN2/c1-11-4-3-5-13(8-11)6-7-19-16-9-12(2)15(18)10-14(16)17/h9-11,13,19H,3-8,18H2,1-2H3. The van der Waals surface area contributed by atoms with Gasteiger partial charge in [-0.15, -0.1) is 0 Å². The Hall–Kier alpha value is -0.700. The maximum atomic E-state index is 5.89. The third-order valence-corrected chi connectivity index (χ3v) is 4.92. The summed E-state index contributed by atoms with van der Waals surface area (Å²) in [4.78, 5) is 0. The van der Waals surface area contributed by atoms with Gasteiger partial charge in [-0.05, 0) is 65.2 Å². The van der Waals surface area contributed by atoms with Crippen molar-refractivity contribution in [1.29, 1.82) is 0 Å². The van der Waals surface area contributed by atoms with E-state index in [0.29, 0.717) is 0 Å². The molecule has 2 unspecified atom stereocenters. The Kier molecular flexibility index (Phi) is 5.14. The lowest BCUT2D eigenvalue weighted by Crippen LogP contribution is -2.16. The Morgan fingerprint density at radius 3 is 2.89 bits per heavy atom. The molecule has 0 aliphatic heterocycles. The van der Waals surface area contributed by atoms with Crippen LogP contribution < -0.4 is 11.1 Å². The molecule has 0 radical (unpaired) electrons. The van der Waals surface area contributed by atoms with Crippen LogP contribution in [-0.4, -0.2) is 6.54 Å². The number of aryl methyl sites for hydroxylation is 1. The van der Waals surface area contributed by atoms with E-state index in [1.54, 1.807) is 0 Å². The Balaban J connectivity index is 1.84. The summed E-state index contributed by atoms with van der Waals surface area (Å²) in [6, 6.07) is 4.11. The van der Waals surface area contributed by atoms with Gasteiger partial charge < -0.3 is 11.1 Å². The number of nitrogens with two attached hydrogens (primary N) is 1. The Labute approximate surface area is 125 Å². The van der Waals surface area contributed by atoms with Crippen molar-refractivity contribution in [1.82, 2.24) is 0 Å². The minimum atomic E-state index is 0.846. The molecule has 2 nitrogen and oxygen atoms in total.